The monoisotopic (exact) mass is 583 g/mol. The van der Waals surface area contributed by atoms with Gasteiger partial charge in [-0.2, -0.15) is 0 Å². The Hall–Kier alpha value is -3.56. The number of carbonyl (C=O) groups is 2. The van der Waals surface area contributed by atoms with Crippen molar-refractivity contribution in [2.24, 2.45) is 12.5 Å². The van der Waals surface area contributed by atoms with Gasteiger partial charge in [-0.05, 0) is 55.8 Å². The summed E-state index contributed by atoms with van der Waals surface area (Å²) in [5.74, 6) is -0.188. The van der Waals surface area contributed by atoms with E-state index in [1.54, 1.807) is 22.9 Å². The van der Waals surface area contributed by atoms with Crippen LogP contribution in [0.25, 0.3) is 5.69 Å². The van der Waals surface area contributed by atoms with E-state index < -0.39 is 5.41 Å². The average Bonchev–Trinajstić information content (AvgIpc) is 3.17. The molecule has 0 radical (unpaired) electrons. The van der Waals surface area contributed by atoms with Crippen LogP contribution in [0, 0.1) is 5.41 Å². The van der Waals surface area contributed by atoms with Crippen LogP contribution in [-0.2, 0) is 18.3 Å². The maximum atomic E-state index is 13.6. The Bertz CT molecular complexity index is 1390. The van der Waals surface area contributed by atoms with Crippen molar-refractivity contribution in [2.45, 2.75) is 47.5 Å². The topological polar surface area (TPSA) is 97.6 Å². The van der Waals surface area contributed by atoms with Crippen LogP contribution < -0.4 is 20.9 Å². The third-order valence-corrected chi connectivity index (χ3v) is 7.30. The number of para-hydroxylation sites is 1. The summed E-state index contributed by atoms with van der Waals surface area (Å²) in [6.45, 7) is 13.0. The number of benzene rings is 2. The second-order valence-corrected chi connectivity index (χ2v) is 11.2. The zero-order valence-electron chi connectivity index (χ0n) is 24.9. The summed E-state index contributed by atoms with van der Waals surface area (Å²) in [6.07, 6.45) is 0.695. The van der Waals surface area contributed by atoms with Gasteiger partial charge in [0.25, 0.3) is 11.5 Å². The number of ether oxygens (including phenoxy) is 1. The first-order valence-electron chi connectivity index (χ1n) is 14.1. The van der Waals surface area contributed by atoms with Crippen molar-refractivity contribution in [3.8, 4) is 11.4 Å². The predicted octanol–water partition coefficient (Wildman–Crippen LogP) is 4.90. The molecule has 0 bridgehead atoms. The largest absolute Gasteiger partial charge is 0.493 e. The van der Waals surface area contributed by atoms with Gasteiger partial charge in [0.15, 0.2) is 0 Å². The number of rotatable bonds is 14. The van der Waals surface area contributed by atoms with Gasteiger partial charge in [0.1, 0.15) is 11.4 Å². The van der Waals surface area contributed by atoms with Gasteiger partial charge in [-0.3, -0.25) is 19.1 Å². The summed E-state index contributed by atoms with van der Waals surface area (Å²) < 4.78 is 8.98. The molecule has 0 saturated carbocycles. The van der Waals surface area contributed by atoms with Crippen LogP contribution in [0.15, 0.2) is 53.3 Å². The van der Waals surface area contributed by atoms with Crippen molar-refractivity contribution in [1.82, 2.24) is 19.6 Å². The molecule has 222 valence electrons. The summed E-state index contributed by atoms with van der Waals surface area (Å²) in [4.78, 5) is 42.2. The van der Waals surface area contributed by atoms with Crippen LogP contribution in [-0.4, -0.2) is 58.9 Å². The summed E-state index contributed by atoms with van der Waals surface area (Å²) in [5, 5.41) is 6.25. The molecule has 0 saturated heterocycles. The maximum absolute atomic E-state index is 13.6. The van der Waals surface area contributed by atoms with Crippen LogP contribution in [0.2, 0.25) is 5.02 Å². The lowest BCUT2D eigenvalue weighted by molar-refractivity contribution is -0.118. The fourth-order valence-corrected chi connectivity index (χ4v) is 4.95. The molecule has 0 spiro atoms. The van der Waals surface area contributed by atoms with E-state index in [1.165, 1.54) is 0 Å². The van der Waals surface area contributed by atoms with E-state index in [4.69, 9.17) is 16.3 Å². The van der Waals surface area contributed by atoms with Crippen molar-refractivity contribution in [1.29, 1.82) is 0 Å². The van der Waals surface area contributed by atoms with Crippen molar-refractivity contribution in [2.75, 3.05) is 38.1 Å². The van der Waals surface area contributed by atoms with Crippen LogP contribution in [0.3, 0.4) is 0 Å². The molecule has 0 aliphatic carbocycles. The van der Waals surface area contributed by atoms with E-state index in [9.17, 15) is 14.4 Å². The number of anilines is 1. The first kappa shape index (κ1) is 32.0. The van der Waals surface area contributed by atoms with E-state index in [1.807, 2.05) is 62.8 Å². The van der Waals surface area contributed by atoms with Gasteiger partial charge < -0.3 is 20.3 Å². The number of hydrogen-bond acceptors (Lipinski definition) is 5. The summed E-state index contributed by atoms with van der Waals surface area (Å²) in [7, 11) is 1.84. The van der Waals surface area contributed by atoms with Crippen LogP contribution >= 0.6 is 11.6 Å². The Balaban J connectivity index is 1.78. The number of aromatic nitrogens is 2. The summed E-state index contributed by atoms with van der Waals surface area (Å²) >= 11 is 6.11. The number of hydrogen-bond donors (Lipinski definition) is 2. The molecular formula is C31H42ClN5O4. The molecular weight excluding hydrogens is 542 g/mol. The molecule has 2 aromatic carbocycles. The molecule has 9 nitrogen and oxygen atoms in total. The predicted molar refractivity (Wildman–Crippen MR) is 164 cm³/mol. The van der Waals surface area contributed by atoms with Gasteiger partial charge in [0.2, 0.25) is 5.91 Å². The number of nitrogens with zero attached hydrogens (tertiary/aromatic N) is 3. The highest BCUT2D eigenvalue weighted by Gasteiger charge is 2.27. The van der Waals surface area contributed by atoms with Crippen molar-refractivity contribution >= 4 is 29.1 Å². The average molecular weight is 584 g/mol. The third kappa shape index (κ3) is 8.24. The van der Waals surface area contributed by atoms with Gasteiger partial charge in [-0.25, -0.2) is 4.68 Å². The van der Waals surface area contributed by atoms with E-state index in [2.05, 4.69) is 29.4 Å². The number of carbonyl (C=O) groups excluding carboxylic acids is 2. The Morgan fingerprint density at radius 1 is 1.05 bits per heavy atom. The molecule has 0 aliphatic heterocycles. The Morgan fingerprint density at radius 2 is 1.73 bits per heavy atom. The number of likely N-dealkylation sites (N-methyl/N-ethyl adjacent to an activating group) is 1. The van der Waals surface area contributed by atoms with E-state index in [0.29, 0.717) is 29.4 Å². The highest BCUT2D eigenvalue weighted by molar-refractivity contribution is 6.31. The van der Waals surface area contributed by atoms with Gasteiger partial charge >= 0.3 is 0 Å². The first-order chi connectivity index (χ1) is 19.5. The number of halogens is 1. The molecule has 1 aromatic heterocycles. The summed E-state index contributed by atoms with van der Waals surface area (Å²) in [6, 6.07) is 14.3. The van der Waals surface area contributed by atoms with Gasteiger partial charge in [-0.15, -0.1) is 0 Å². The van der Waals surface area contributed by atoms with Gasteiger partial charge in [-0.1, -0.05) is 57.5 Å². The molecule has 0 atom stereocenters. The minimum absolute atomic E-state index is 0.0936. The normalized spacial score (nSPS) is 11.5. The standard InChI is InChI=1S/C31H42ClN5O4/c1-7-36(8-2)18-17-25-28(30(40)37(35(25)6)23-13-11-10-12-14-23)34-27(38)20-31(4,5)21-33-29(39)24-19-22(32)15-16-26(24)41-9-3/h10-16,19H,7-9,17-18,20-21H2,1-6H3,(H,33,39)(H,34,38). The lowest BCUT2D eigenvalue weighted by Gasteiger charge is -2.24. The second kappa shape index (κ2) is 14.4. The fourth-order valence-electron chi connectivity index (χ4n) is 4.78. The first-order valence-corrected chi connectivity index (χ1v) is 14.5. The SMILES string of the molecule is CCOc1ccc(Cl)cc1C(=O)NCC(C)(C)CC(=O)Nc1c(CCN(CC)CC)n(C)n(-c2ccccc2)c1=O. The van der Waals surface area contributed by atoms with Crippen molar-refractivity contribution in [3.05, 3.63) is 75.2 Å². The van der Waals surface area contributed by atoms with E-state index in [0.717, 1.165) is 31.0 Å². The molecule has 10 heteroatoms. The zero-order chi connectivity index (χ0) is 30.2. The van der Waals surface area contributed by atoms with E-state index >= 15 is 0 Å². The quantitative estimate of drug-likeness (QED) is 0.281. The smallest absolute Gasteiger partial charge is 0.295 e. The number of nitrogens with one attached hydrogen (secondary N) is 2. The molecule has 3 rings (SSSR count). The molecule has 3 aromatic rings. The van der Waals surface area contributed by atoms with Gasteiger partial charge in [0, 0.05) is 38.0 Å². The molecule has 0 unspecified atom stereocenters. The van der Waals surface area contributed by atoms with E-state index in [-0.39, 0.29) is 36.0 Å². The zero-order valence-corrected chi connectivity index (χ0v) is 25.7. The van der Waals surface area contributed by atoms with Gasteiger partial charge in [0.05, 0.1) is 23.6 Å². The lowest BCUT2D eigenvalue weighted by Crippen LogP contribution is -2.37. The molecule has 1 heterocycles. The molecule has 0 fully saturated rings. The highest BCUT2D eigenvalue weighted by atomic mass is 35.5. The molecule has 41 heavy (non-hydrogen) atoms. The third-order valence-electron chi connectivity index (χ3n) is 7.06. The maximum Gasteiger partial charge on any atom is 0.295 e. The van der Waals surface area contributed by atoms with Crippen LogP contribution in [0.5, 0.6) is 5.75 Å². The highest BCUT2D eigenvalue weighted by Crippen LogP contribution is 2.25. The molecule has 2 N–H and O–H groups in total. The Labute approximate surface area is 247 Å². The minimum Gasteiger partial charge on any atom is -0.493 e. The minimum atomic E-state index is -0.599. The van der Waals surface area contributed by atoms with Crippen molar-refractivity contribution < 1.29 is 14.3 Å². The Morgan fingerprint density at radius 3 is 2.37 bits per heavy atom. The summed E-state index contributed by atoms with van der Waals surface area (Å²) in [5.41, 5.74) is 1.22. The number of amides is 2. The molecule has 0 aliphatic rings. The van der Waals surface area contributed by atoms with Crippen LogP contribution in [0.4, 0.5) is 5.69 Å². The second-order valence-electron chi connectivity index (χ2n) is 10.7. The fraction of sp³-hybridized carbons (Fsp3) is 0.452. The molecule has 2 amide bonds. The lowest BCUT2D eigenvalue weighted by atomic mass is 9.88. The van der Waals surface area contributed by atoms with Crippen LogP contribution in [0.1, 0.15) is 57.1 Å². The van der Waals surface area contributed by atoms with Crippen molar-refractivity contribution in [3.63, 3.8) is 0 Å². The Kier molecular flexibility index (Phi) is 11.2.